The summed E-state index contributed by atoms with van der Waals surface area (Å²) in [5.74, 6) is -1.28. The second kappa shape index (κ2) is 4.94. The van der Waals surface area contributed by atoms with Gasteiger partial charge < -0.3 is 30.3 Å². The molecule has 8 atom stereocenters. The van der Waals surface area contributed by atoms with E-state index in [-0.39, 0.29) is 30.3 Å². The summed E-state index contributed by atoms with van der Waals surface area (Å²) in [5.41, 5.74) is -9.47. The molecule has 4 aliphatic rings. The summed E-state index contributed by atoms with van der Waals surface area (Å²) in [5, 5.41) is 58.3. The second-order valence-electron chi connectivity index (χ2n) is 9.65. The second-order valence-corrected chi connectivity index (χ2v) is 9.65. The Kier molecular flexibility index (Phi) is 3.54. The molecule has 5 N–H and O–H groups in total. The Morgan fingerprint density at radius 2 is 1.78 bits per heavy atom. The monoisotopic (exact) mass is 382 g/mol. The molecule has 2 saturated carbocycles. The lowest BCUT2D eigenvalue weighted by molar-refractivity contribution is -0.307. The lowest BCUT2D eigenvalue weighted by atomic mass is 9.55. The van der Waals surface area contributed by atoms with Gasteiger partial charge in [-0.15, -0.1) is 0 Å². The van der Waals surface area contributed by atoms with Crippen molar-refractivity contribution in [3.63, 3.8) is 0 Å². The maximum absolute atomic E-state index is 12.6. The average Bonchev–Trinajstić information content (AvgIpc) is 2.75. The lowest BCUT2D eigenvalue weighted by Gasteiger charge is -2.59. The van der Waals surface area contributed by atoms with Gasteiger partial charge in [-0.05, 0) is 42.7 Å². The highest BCUT2D eigenvalue weighted by Crippen LogP contribution is 2.77. The van der Waals surface area contributed by atoms with E-state index in [1.807, 2.05) is 13.8 Å². The highest BCUT2D eigenvalue weighted by atomic mass is 16.6. The predicted molar refractivity (Wildman–Crippen MR) is 94.3 cm³/mol. The summed E-state index contributed by atoms with van der Waals surface area (Å²) >= 11 is 0. The minimum absolute atomic E-state index is 0.136. The van der Waals surface area contributed by atoms with Crippen LogP contribution in [0.2, 0.25) is 0 Å². The van der Waals surface area contributed by atoms with Crippen LogP contribution in [0.25, 0.3) is 0 Å². The van der Waals surface area contributed by atoms with Crippen LogP contribution in [0, 0.1) is 17.3 Å². The van der Waals surface area contributed by atoms with Crippen LogP contribution < -0.4 is 0 Å². The first kappa shape index (κ1) is 19.3. The molecular formula is C20H30O7. The van der Waals surface area contributed by atoms with Crippen molar-refractivity contribution in [1.29, 1.82) is 0 Å². The molecule has 3 aliphatic carbocycles. The van der Waals surface area contributed by atoms with E-state index in [4.69, 9.17) is 4.74 Å². The molecule has 7 heteroatoms. The van der Waals surface area contributed by atoms with Crippen LogP contribution in [0.5, 0.6) is 0 Å². The number of hydrogen-bond acceptors (Lipinski definition) is 7. The van der Waals surface area contributed by atoms with Crippen molar-refractivity contribution in [1.82, 2.24) is 0 Å². The van der Waals surface area contributed by atoms with Crippen LogP contribution in [0.15, 0.2) is 11.1 Å². The SMILES string of the molecule is CC1=C(C(C)C)C(O)[C@]2(O)C1(O)C13OC(=O)CC2(C)[C@@]1(O)CCC(C)C3O. The molecule has 152 valence electrons. The van der Waals surface area contributed by atoms with E-state index in [0.29, 0.717) is 12.0 Å². The molecule has 2 bridgehead atoms. The quantitative estimate of drug-likeness (QED) is 0.320. The Bertz CT molecular complexity index is 761. The largest absolute Gasteiger partial charge is 0.450 e. The molecule has 3 fully saturated rings. The van der Waals surface area contributed by atoms with E-state index in [9.17, 15) is 30.3 Å². The number of carbonyl (C=O) groups is 1. The minimum atomic E-state index is -2.30. The zero-order valence-electron chi connectivity index (χ0n) is 16.5. The van der Waals surface area contributed by atoms with Crippen molar-refractivity contribution >= 4 is 5.97 Å². The molecule has 4 rings (SSSR count). The van der Waals surface area contributed by atoms with Crippen LogP contribution in [0.3, 0.4) is 0 Å². The molecule has 6 unspecified atom stereocenters. The van der Waals surface area contributed by atoms with Gasteiger partial charge in [0.2, 0.25) is 5.60 Å². The first-order valence-corrected chi connectivity index (χ1v) is 9.74. The maximum atomic E-state index is 12.6. The van der Waals surface area contributed by atoms with Crippen molar-refractivity contribution in [2.24, 2.45) is 17.3 Å². The van der Waals surface area contributed by atoms with Crippen LogP contribution in [-0.4, -0.2) is 66.1 Å². The summed E-state index contributed by atoms with van der Waals surface area (Å²) in [6.07, 6.45) is -2.67. The highest BCUT2D eigenvalue weighted by Gasteiger charge is 2.96. The molecule has 1 saturated heterocycles. The smallest absolute Gasteiger partial charge is 0.307 e. The molecule has 0 aromatic rings. The molecular weight excluding hydrogens is 352 g/mol. The molecule has 0 aromatic heterocycles. The van der Waals surface area contributed by atoms with Crippen LogP contribution in [0.4, 0.5) is 0 Å². The Morgan fingerprint density at radius 3 is 2.33 bits per heavy atom. The maximum Gasteiger partial charge on any atom is 0.307 e. The van der Waals surface area contributed by atoms with Gasteiger partial charge in [0.25, 0.3) is 0 Å². The average molecular weight is 382 g/mol. The van der Waals surface area contributed by atoms with Crippen molar-refractivity contribution < 1.29 is 35.1 Å². The van der Waals surface area contributed by atoms with Crippen LogP contribution in [0.1, 0.15) is 53.9 Å². The number of aliphatic hydroxyl groups excluding tert-OH is 2. The van der Waals surface area contributed by atoms with Gasteiger partial charge in [0, 0.05) is 5.41 Å². The fourth-order valence-corrected chi connectivity index (χ4v) is 7.08. The molecule has 0 radical (unpaired) electrons. The summed E-state index contributed by atoms with van der Waals surface area (Å²) in [7, 11) is 0. The normalized spacial score (nSPS) is 57.0. The molecule has 7 nitrogen and oxygen atoms in total. The molecule has 27 heavy (non-hydrogen) atoms. The topological polar surface area (TPSA) is 127 Å². The first-order valence-electron chi connectivity index (χ1n) is 9.74. The van der Waals surface area contributed by atoms with Gasteiger partial charge in [0.15, 0.2) is 5.60 Å². The number of ether oxygens (including phenoxy) is 1. The summed E-state index contributed by atoms with van der Waals surface area (Å²) < 4.78 is 5.65. The van der Waals surface area contributed by atoms with Gasteiger partial charge in [-0.25, -0.2) is 0 Å². The zero-order chi connectivity index (χ0) is 20.4. The number of aliphatic hydroxyl groups is 5. The van der Waals surface area contributed by atoms with E-state index >= 15 is 0 Å². The Balaban J connectivity index is 2.15. The summed E-state index contributed by atoms with van der Waals surface area (Å²) in [6.45, 7) is 8.53. The van der Waals surface area contributed by atoms with Crippen molar-refractivity contribution in [2.45, 2.75) is 88.5 Å². The van der Waals surface area contributed by atoms with E-state index in [1.165, 1.54) is 6.92 Å². The summed E-state index contributed by atoms with van der Waals surface area (Å²) in [4.78, 5) is 12.6. The Labute approximate surface area is 158 Å². The zero-order valence-corrected chi connectivity index (χ0v) is 16.5. The molecule has 0 amide bonds. The van der Waals surface area contributed by atoms with E-state index in [2.05, 4.69) is 0 Å². The number of esters is 1. The van der Waals surface area contributed by atoms with E-state index in [1.54, 1.807) is 13.8 Å². The Hall–Kier alpha value is -0.990. The van der Waals surface area contributed by atoms with Gasteiger partial charge in [-0.1, -0.05) is 27.7 Å². The van der Waals surface area contributed by atoms with Crippen LogP contribution >= 0.6 is 0 Å². The number of rotatable bonds is 1. The summed E-state index contributed by atoms with van der Waals surface area (Å²) in [6, 6.07) is 0. The van der Waals surface area contributed by atoms with Crippen LogP contribution in [-0.2, 0) is 9.53 Å². The number of fused-ring (bicyclic) bond motifs is 2. The first-order chi connectivity index (χ1) is 12.3. The standard InChI is InChI=1S/C20H30O7/c1-9(2)13-11(4)18(25)19(26,15(13)23)16(5)8-12(21)27-20(18)14(22)10(3)6-7-17(16,20)24/h9-10,14-15,22-26H,6-8H2,1-5H3/t10?,14?,15?,16?,17-,18?,19+,20?/m0/s1. The molecule has 0 spiro atoms. The predicted octanol–water partition coefficient (Wildman–Crippen LogP) is 0.0231. The highest BCUT2D eigenvalue weighted by molar-refractivity contribution is 5.77. The van der Waals surface area contributed by atoms with Crippen molar-refractivity contribution in [2.75, 3.05) is 0 Å². The van der Waals surface area contributed by atoms with Gasteiger partial charge in [-0.3, -0.25) is 4.79 Å². The minimum Gasteiger partial charge on any atom is -0.450 e. The van der Waals surface area contributed by atoms with Gasteiger partial charge >= 0.3 is 5.97 Å². The number of hydrogen-bond donors (Lipinski definition) is 5. The third-order valence-corrected chi connectivity index (χ3v) is 8.44. The van der Waals surface area contributed by atoms with E-state index in [0.717, 1.165) is 0 Å². The van der Waals surface area contributed by atoms with E-state index < -0.39 is 46.0 Å². The molecule has 0 aromatic carbocycles. The van der Waals surface area contributed by atoms with Gasteiger partial charge in [0.1, 0.15) is 23.4 Å². The fraction of sp³-hybridized carbons (Fsp3) is 0.850. The molecule has 1 aliphatic heterocycles. The van der Waals surface area contributed by atoms with Crippen molar-refractivity contribution in [3.05, 3.63) is 11.1 Å². The third kappa shape index (κ3) is 1.50. The Morgan fingerprint density at radius 1 is 1.19 bits per heavy atom. The fourth-order valence-electron chi connectivity index (χ4n) is 7.08. The lowest BCUT2D eigenvalue weighted by Crippen LogP contribution is -2.77. The molecule has 1 heterocycles. The van der Waals surface area contributed by atoms with Gasteiger partial charge in [0.05, 0.1) is 6.42 Å². The number of carbonyl (C=O) groups excluding carboxylic acids is 1. The van der Waals surface area contributed by atoms with Gasteiger partial charge in [-0.2, -0.15) is 0 Å². The van der Waals surface area contributed by atoms with Crippen molar-refractivity contribution in [3.8, 4) is 0 Å². The third-order valence-electron chi connectivity index (χ3n) is 8.44.